The fraction of sp³-hybridized carbons (Fsp3) is 0.818. The first-order chi connectivity index (χ1) is 6.61. The van der Waals surface area contributed by atoms with Gasteiger partial charge < -0.3 is 0 Å². The van der Waals surface area contributed by atoms with E-state index in [-0.39, 0.29) is 23.7 Å². The first-order valence-corrected chi connectivity index (χ1v) is 5.42. The molecule has 3 aliphatic rings. The molecule has 0 radical (unpaired) electrons. The Morgan fingerprint density at radius 2 is 1.79 bits per heavy atom. The zero-order chi connectivity index (χ0) is 10.0. The van der Waals surface area contributed by atoms with Crippen molar-refractivity contribution in [3.05, 3.63) is 0 Å². The van der Waals surface area contributed by atoms with Crippen molar-refractivity contribution in [2.24, 2.45) is 29.6 Å². The van der Waals surface area contributed by atoms with E-state index in [0.717, 1.165) is 12.8 Å². The number of carbonyl (C=O) groups excluding carboxylic acids is 2. The van der Waals surface area contributed by atoms with Crippen molar-refractivity contribution in [1.82, 2.24) is 4.90 Å². The Morgan fingerprint density at radius 1 is 1.14 bits per heavy atom. The van der Waals surface area contributed by atoms with E-state index in [9.17, 15) is 9.59 Å². The van der Waals surface area contributed by atoms with Crippen LogP contribution in [0.5, 0.6) is 0 Å². The second-order valence-electron chi connectivity index (χ2n) is 5.16. The predicted octanol–water partition coefficient (Wildman–Crippen LogP) is 0.893. The maximum atomic E-state index is 11.8. The Hall–Kier alpha value is -0.860. The summed E-state index contributed by atoms with van der Waals surface area (Å²) in [6.45, 7) is 2.22. The fourth-order valence-corrected chi connectivity index (χ4v) is 3.93. The number of fused-ring (bicyclic) bond motifs is 5. The van der Waals surface area contributed by atoms with Gasteiger partial charge in [-0.25, -0.2) is 0 Å². The molecule has 3 unspecified atom stereocenters. The van der Waals surface area contributed by atoms with Crippen LogP contribution in [0, 0.1) is 29.6 Å². The van der Waals surface area contributed by atoms with Crippen LogP contribution in [0.3, 0.4) is 0 Å². The summed E-state index contributed by atoms with van der Waals surface area (Å²) in [5.41, 5.74) is 0. The van der Waals surface area contributed by atoms with E-state index in [1.165, 1.54) is 4.90 Å². The molecule has 0 N–H and O–H groups in total. The molecular formula is C11H15NO2. The van der Waals surface area contributed by atoms with Gasteiger partial charge in [0.25, 0.3) is 0 Å². The highest BCUT2D eigenvalue weighted by atomic mass is 16.2. The standard InChI is InChI=1S/C11H15NO2/c1-5-3-6-4-7(5)9-8(6)10(13)12(2)11(9)14/h5-9H,3-4H2,1-2H3/t5?,6-,7?,8?,9-/m1/s1. The Balaban J connectivity index is 2.01. The summed E-state index contributed by atoms with van der Waals surface area (Å²) < 4.78 is 0. The van der Waals surface area contributed by atoms with Crippen LogP contribution in [-0.4, -0.2) is 23.8 Å². The third-order valence-corrected chi connectivity index (χ3v) is 4.57. The summed E-state index contributed by atoms with van der Waals surface area (Å²) in [6.07, 6.45) is 2.26. The van der Waals surface area contributed by atoms with Gasteiger partial charge in [-0.1, -0.05) is 6.92 Å². The van der Waals surface area contributed by atoms with Crippen molar-refractivity contribution in [3.8, 4) is 0 Å². The van der Waals surface area contributed by atoms with Gasteiger partial charge in [0.05, 0.1) is 11.8 Å². The van der Waals surface area contributed by atoms with E-state index < -0.39 is 0 Å². The fourth-order valence-electron chi connectivity index (χ4n) is 3.93. The molecule has 3 heteroatoms. The number of rotatable bonds is 0. The lowest BCUT2D eigenvalue weighted by atomic mass is 9.76. The van der Waals surface area contributed by atoms with Crippen LogP contribution in [0.2, 0.25) is 0 Å². The molecule has 0 spiro atoms. The minimum Gasteiger partial charge on any atom is -0.285 e. The van der Waals surface area contributed by atoms with Crippen molar-refractivity contribution < 1.29 is 9.59 Å². The Morgan fingerprint density at radius 3 is 2.50 bits per heavy atom. The van der Waals surface area contributed by atoms with Crippen LogP contribution in [-0.2, 0) is 9.59 Å². The van der Waals surface area contributed by atoms with E-state index in [1.807, 2.05) is 0 Å². The van der Waals surface area contributed by atoms with E-state index in [4.69, 9.17) is 0 Å². The average Bonchev–Trinajstić information content (AvgIpc) is 2.74. The summed E-state index contributed by atoms with van der Waals surface area (Å²) in [4.78, 5) is 25.0. The summed E-state index contributed by atoms with van der Waals surface area (Å²) in [5.74, 6) is 1.89. The number of hydrogen-bond acceptors (Lipinski definition) is 2. The molecular weight excluding hydrogens is 178 g/mol. The van der Waals surface area contributed by atoms with Gasteiger partial charge in [-0.2, -0.15) is 0 Å². The second kappa shape index (κ2) is 2.38. The Bertz CT molecular complexity index is 325. The first-order valence-electron chi connectivity index (χ1n) is 5.42. The molecule has 3 nitrogen and oxygen atoms in total. The van der Waals surface area contributed by atoms with Crippen molar-refractivity contribution >= 4 is 11.8 Å². The largest absolute Gasteiger partial charge is 0.285 e. The van der Waals surface area contributed by atoms with Gasteiger partial charge in [-0.3, -0.25) is 14.5 Å². The monoisotopic (exact) mass is 193 g/mol. The first kappa shape index (κ1) is 8.45. The van der Waals surface area contributed by atoms with Crippen molar-refractivity contribution in [2.45, 2.75) is 19.8 Å². The highest BCUT2D eigenvalue weighted by Gasteiger charge is 2.61. The van der Waals surface area contributed by atoms with Gasteiger partial charge in [0.15, 0.2) is 0 Å². The van der Waals surface area contributed by atoms with Crippen LogP contribution in [0.4, 0.5) is 0 Å². The SMILES string of the molecule is CC1C[C@@H]2CC1[C@H]1C(=O)N(C)C(=O)C21. The highest BCUT2D eigenvalue weighted by Crippen LogP contribution is 2.58. The third kappa shape index (κ3) is 0.748. The van der Waals surface area contributed by atoms with Gasteiger partial charge in [0.1, 0.15) is 0 Å². The van der Waals surface area contributed by atoms with Crippen LogP contribution in [0.1, 0.15) is 19.8 Å². The Labute approximate surface area is 83.5 Å². The van der Waals surface area contributed by atoms with Crippen LogP contribution in [0.15, 0.2) is 0 Å². The topological polar surface area (TPSA) is 37.4 Å². The summed E-state index contributed by atoms with van der Waals surface area (Å²) in [5, 5.41) is 0. The molecule has 5 atom stereocenters. The normalized spacial score (nSPS) is 50.4. The van der Waals surface area contributed by atoms with Gasteiger partial charge in [0.2, 0.25) is 11.8 Å². The number of amides is 2. The molecule has 3 fully saturated rings. The number of carbonyl (C=O) groups is 2. The summed E-state index contributed by atoms with van der Waals surface area (Å²) >= 11 is 0. The molecule has 2 bridgehead atoms. The minimum atomic E-state index is 0.0428. The predicted molar refractivity (Wildman–Crippen MR) is 50.1 cm³/mol. The smallest absolute Gasteiger partial charge is 0.233 e. The molecule has 2 aliphatic carbocycles. The zero-order valence-corrected chi connectivity index (χ0v) is 8.56. The molecule has 14 heavy (non-hydrogen) atoms. The van der Waals surface area contributed by atoms with Gasteiger partial charge in [0, 0.05) is 7.05 Å². The number of nitrogens with zero attached hydrogens (tertiary/aromatic N) is 1. The second-order valence-corrected chi connectivity index (χ2v) is 5.16. The maximum absolute atomic E-state index is 11.8. The lowest BCUT2D eigenvalue weighted by Gasteiger charge is -2.25. The molecule has 3 rings (SSSR count). The van der Waals surface area contributed by atoms with Gasteiger partial charge in [-0.15, -0.1) is 0 Å². The molecule has 2 amide bonds. The van der Waals surface area contributed by atoms with Crippen molar-refractivity contribution in [2.75, 3.05) is 7.05 Å². The molecule has 1 saturated heterocycles. The number of likely N-dealkylation sites (tertiary alicyclic amines) is 1. The average molecular weight is 193 g/mol. The van der Waals surface area contributed by atoms with Crippen molar-refractivity contribution in [1.29, 1.82) is 0 Å². The zero-order valence-electron chi connectivity index (χ0n) is 8.56. The lowest BCUT2D eigenvalue weighted by molar-refractivity contribution is -0.139. The molecule has 0 aromatic heterocycles. The summed E-state index contributed by atoms with van der Waals surface area (Å²) in [7, 11) is 1.63. The van der Waals surface area contributed by atoms with E-state index in [1.54, 1.807) is 7.05 Å². The lowest BCUT2D eigenvalue weighted by Crippen LogP contribution is -2.29. The molecule has 0 aromatic rings. The molecule has 76 valence electrons. The van der Waals surface area contributed by atoms with Crippen LogP contribution in [0.25, 0.3) is 0 Å². The van der Waals surface area contributed by atoms with E-state index in [0.29, 0.717) is 17.8 Å². The minimum absolute atomic E-state index is 0.0428. The quantitative estimate of drug-likeness (QED) is 0.536. The third-order valence-electron chi connectivity index (χ3n) is 4.57. The highest BCUT2D eigenvalue weighted by molar-refractivity contribution is 6.05. The molecule has 1 heterocycles. The number of imide groups is 1. The molecule has 2 saturated carbocycles. The molecule has 1 aliphatic heterocycles. The van der Waals surface area contributed by atoms with E-state index >= 15 is 0 Å². The Kier molecular flexibility index (Phi) is 1.44. The van der Waals surface area contributed by atoms with E-state index in [2.05, 4.69) is 6.92 Å². The van der Waals surface area contributed by atoms with Crippen LogP contribution >= 0.6 is 0 Å². The van der Waals surface area contributed by atoms with Gasteiger partial charge >= 0.3 is 0 Å². The number of hydrogen-bond donors (Lipinski definition) is 0. The van der Waals surface area contributed by atoms with Crippen LogP contribution < -0.4 is 0 Å². The molecule has 0 aromatic carbocycles. The van der Waals surface area contributed by atoms with Crippen molar-refractivity contribution in [3.63, 3.8) is 0 Å². The summed E-state index contributed by atoms with van der Waals surface area (Å²) in [6, 6.07) is 0. The maximum Gasteiger partial charge on any atom is 0.233 e. The van der Waals surface area contributed by atoms with Gasteiger partial charge in [-0.05, 0) is 30.6 Å².